The minimum atomic E-state index is -0.319. The van der Waals surface area contributed by atoms with E-state index in [0.717, 1.165) is 24.8 Å². The van der Waals surface area contributed by atoms with Gasteiger partial charge in [-0.05, 0) is 49.1 Å². The Balaban J connectivity index is 1.73. The minimum absolute atomic E-state index is 0.0229. The maximum absolute atomic E-state index is 13.9. The van der Waals surface area contributed by atoms with Gasteiger partial charge in [-0.25, -0.2) is 9.37 Å². The van der Waals surface area contributed by atoms with Crippen molar-refractivity contribution in [1.29, 1.82) is 0 Å². The molecule has 1 fully saturated rings. The highest BCUT2D eigenvalue weighted by Crippen LogP contribution is 2.27. The van der Waals surface area contributed by atoms with Gasteiger partial charge in [-0.1, -0.05) is 19.1 Å². The van der Waals surface area contributed by atoms with Crippen LogP contribution in [0.25, 0.3) is 11.0 Å². The van der Waals surface area contributed by atoms with Crippen LogP contribution in [0.15, 0.2) is 42.7 Å². The number of anilines is 1. The molecule has 2 amide bonds. The molecular formula is C26H31FN4O4. The fourth-order valence-electron chi connectivity index (χ4n) is 4.43. The molecule has 0 aliphatic carbocycles. The number of rotatable bonds is 10. The molecule has 2 aromatic carbocycles. The summed E-state index contributed by atoms with van der Waals surface area (Å²) >= 11 is 0. The van der Waals surface area contributed by atoms with Gasteiger partial charge in [0.2, 0.25) is 5.91 Å². The summed E-state index contributed by atoms with van der Waals surface area (Å²) in [6, 6.07) is 9.68. The van der Waals surface area contributed by atoms with Gasteiger partial charge in [0.1, 0.15) is 12.4 Å². The first-order chi connectivity index (χ1) is 17.0. The fourth-order valence-corrected chi connectivity index (χ4v) is 4.43. The number of hydrogen-bond donors (Lipinski definition) is 1. The van der Waals surface area contributed by atoms with Gasteiger partial charge in [-0.3, -0.25) is 9.59 Å². The van der Waals surface area contributed by atoms with E-state index >= 15 is 0 Å². The Morgan fingerprint density at radius 3 is 2.77 bits per heavy atom. The normalized spacial score (nSPS) is 15.5. The lowest BCUT2D eigenvalue weighted by molar-refractivity contribution is -0.119. The largest absolute Gasteiger partial charge is 0.376 e. The smallest absolute Gasteiger partial charge is 0.256 e. The van der Waals surface area contributed by atoms with Crippen molar-refractivity contribution in [3.05, 3.63) is 59.7 Å². The number of carbonyl (C=O) groups excluding carboxylic acids is 2. The Bertz CT molecular complexity index is 1170. The van der Waals surface area contributed by atoms with Crippen LogP contribution < -0.4 is 5.32 Å². The van der Waals surface area contributed by atoms with Crippen LogP contribution in [0.2, 0.25) is 0 Å². The van der Waals surface area contributed by atoms with Crippen LogP contribution in [0.5, 0.6) is 0 Å². The molecule has 35 heavy (non-hydrogen) atoms. The number of ether oxygens (including phenoxy) is 2. The topological polar surface area (TPSA) is 85.7 Å². The highest BCUT2D eigenvalue weighted by molar-refractivity contribution is 6.07. The summed E-state index contributed by atoms with van der Waals surface area (Å²) in [6.45, 7) is 4.18. The molecule has 1 saturated heterocycles. The molecule has 1 aliphatic heterocycles. The molecule has 0 bridgehead atoms. The molecule has 1 N–H and O–H groups in total. The predicted octanol–water partition coefficient (Wildman–Crippen LogP) is 3.84. The van der Waals surface area contributed by atoms with Crippen LogP contribution in [0.4, 0.5) is 10.1 Å². The van der Waals surface area contributed by atoms with Crippen molar-refractivity contribution in [2.45, 2.75) is 38.8 Å². The van der Waals surface area contributed by atoms with Gasteiger partial charge in [-0.2, -0.15) is 0 Å². The zero-order valence-electron chi connectivity index (χ0n) is 20.1. The van der Waals surface area contributed by atoms with Gasteiger partial charge in [0.15, 0.2) is 0 Å². The molecule has 186 valence electrons. The lowest BCUT2D eigenvalue weighted by Gasteiger charge is -2.26. The van der Waals surface area contributed by atoms with E-state index in [-0.39, 0.29) is 30.3 Å². The average molecular weight is 483 g/mol. The monoisotopic (exact) mass is 482 g/mol. The van der Waals surface area contributed by atoms with E-state index < -0.39 is 0 Å². The molecule has 1 aromatic heterocycles. The van der Waals surface area contributed by atoms with Crippen molar-refractivity contribution >= 4 is 28.5 Å². The number of fused-ring (bicyclic) bond motifs is 1. The van der Waals surface area contributed by atoms with E-state index in [2.05, 4.69) is 10.3 Å². The van der Waals surface area contributed by atoms with Gasteiger partial charge in [0.25, 0.3) is 5.91 Å². The molecule has 1 aliphatic rings. The van der Waals surface area contributed by atoms with Crippen LogP contribution >= 0.6 is 0 Å². The Morgan fingerprint density at radius 1 is 1.29 bits per heavy atom. The number of hydrogen-bond acceptors (Lipinski definition) is 5. The van der Waals surface area contributed by atoms with E-state index in [0.29, 0.717) is 48.5 Å². The average Bonchev–Trinajstić information content (AvgIpc) is 3.49. The second-order valence-electron chi connectivity index (χ2n) is 8.76. The molecule has 0 unspecified atom stereocenters. The van der Waals surface area contributed by atoms with E-state index in [1.54, 1.807) is 30.6 Å². The van der Waals surface area contributed by atoms with Crippen molar-refractivity contribution in [2.24, 2.45) is 0 Å². The minimum Gasteiger partial charge on any atom is -0.376 e. The van der Waals surface area contributed by atoms with Crippen molar-refractivity contribution in [3.8, 4) is 0 Å². The second-order valence-corrected chi connectivity index (χ2v) is 8.76. The highest BCUT2D eigenvalue weighted by atomic mass is 19.1. The summed E-state index contributed by atoms with van der Waals surface area (Å²) < 4.78 is 26.0. The number of aromatic nitrogens is 2. The zero-order chi connectivity index (χ0) is 24.8. The van der Waals surface area contributed by atoms with Crippen molar-refractivity contribution in [2.75, 3.05) is 38.7 Å². The number of imidazole rings is 1. The van der Waals surface area contributed by atoms with Gasteiger partial charge in [-0.15, -0.1) is 0 Å². The summed E-state index contributed by atoms with van der Waals surface area (Å²) in [5.74, 6) is -0.766. The Labute approximate surface area is 204 Å². The van der Waals surface area contributed by atoms with Crippen molar-refractivity contribution < 1.29 is 23.5 Å². The first kappa shape index (κ1) is 24.8. The molecule has 2 heterocycles. The Morgan fingerprint density at radius 2 is 2.09 bits per heavy atom. The summed E-state index contributed by atoms with van der Waals surface area (Å²) in [5, 5.41) is 2.79. The van der Waals surface area contributed by atoms with Gasteiger partial charge >= 0.3 is 0 Å². The van der Waals surface area contributed by atoms with Crippen LogP contribution in [0, 0.1) is 5.82 Å². The van der Waals surface area contributed by atoms with Crippen molar-refractivity contribution in [3.63, 3.8) is 0 Å². The summed E-state index contributed by atoms with van der Waals surface area (Å²) in [6.07, 6.45) is 4.42. The standard InChI is InChI=1S/C26H31FN4O4/c1-3-10-30(15-21-5-4-11-35-21)26(33)22-12-20(29-24(32)16-34-2)13-23-25(22)31(17-28-23)14-18-6-8-19(27)9-7-18/h6-9,12-13,17,21H,3-5,10-11,14-16H2,1-2H3,(H,29,32)/t21-/m1/s1. The molecule has 4 rings (SSSR count). The molecule has 8 nitrogen and oxygen atoms in total. The van der Waals surface area contributed by atoms with E-state index in [1.165, 1.54) is 19.2 Å². The summed E-state index contributed by atoms with van der Waals surface area (Å²) in [7, 11) is 1.45. The van der Waals surface area contributed by atoms with Crippen LogP contribution in [0.1, 0.15) is 42.1 Å². The number of carbonyl (C=O) groups is 2. The third-order valence-corrected chi connectivity index (χ3v) is 6.00. The molecule has 0 spiro atoms. The summed E-state index contributed by atoms with van der Waals surface area (Å²) in [5.41, 5.74) is 3.05. The number of amides is 2. The van der Waals surface area contributed by atoms with Crippen LogP contribution in [-0.4, -0.2) is 65.8 Å². The predicted molar refractivity (Wildman–Crippen MR) is 131 cm³/mol. The van der Waals surface area contributed by atoms with Crippen LogP contribution in [0.3, 0.4) is 0 Å². The maximum Gasteiger partial charge on any atom is 0.256 e. The Hall–Kier alpha value is -3.30. The fraction of sp³-hybridized carbons (Fsp3) is 0.423. The van der Waals surface area contributed by atoms with Gasteiger partial charge < -0.3 is 24.3 Å². The highest BCUT2D eigenvalue weighted by Gasteiger charge is 2.26. The molecule has 1 atom stereocenters. The van der Waals surface area contributed by atoms with Gasteiger partial charge in [0.05, 0.1) is 29.0 Å². The first-order valence-corrected chi connectivity index (χ1v) is 11.9. The number of nitrogens with one attached hydrogen (secondary N) is 1. The van der Waals surface area contributed by atoms with E-state index in [4.69, 9.17) is 9.47 Å². The summed E-state index contributed by atoms with van der Waals surface area (Å²) in [4.78, 5) is 32.4. The lowest BCUT2D eigenvalue weighted by atomic mass is 10.1. The van der Waals surface area contributed by atoms with E-state index in [1.807, 2.05) is 16.4 Å². The van der Waals surface area contributed by atoms with E-state index in [9.17, 15) is 14.0 Å². The molecule has 0 saturated carbocycles. The van der Waals surface area contributed by atoms with Crippen molar-refractivity contribution in [1.82, 2.24) is 14.5 Å². The SMILES string of the molecule is CCCN(C[C@H]1CCCO1)C(=O)c1cc(NC(=O)COC)cc2ncn(Cc3ccc(F)cc3)c12. The number of halogens is 1. The molecule has 3 aromatic rings. The zero-order valence-corrected chi connectivity index (χ0v) is 20.1. The first-order valence-electron chi connectivity index (χ1n) is 11.9. The quantitative estimate of drug-likeness (QED) is 0.475. The third kappa shape index (κ3) is 6.04. The number of methoxy groups -OCH3 is 1. The van der Waals surface area contributed by atoms with Crippen LogP contribution in [-0.2, 0) is 20.8 Å². The molecule has 9 heteroatoms. The maximum atomic E-state index is 13.9. The Kier molecular flexibility index (Phi) is 8.09. The molecular weight excluding hydrogens is 451 g/mol. The second kappa shape index (κ2) is 11.4. The van der Waals surface area contributed by atoms with Gasteiger partial charge in [0, 0.05) is 39.0 Å². The number of benzene rings is 2. The lowest BCUT2D eigenvalue weighted by Crippen LogP contribution is -2.38. The molecule has 0 radical (unpaired) electrons. The number of nitrogens with zero attached hydrogens (tertiary/aromatic N) is 3. The third-order valence-electron chi connectivity index (χ3n) is 6.00.